The van der Waals surface area contributed by atoms with Crippen LogP contribution in [0.3, 0.4) is 0 Å². The summed E-state index contributed by atoms with van der Waals surface area (Å²) in [7, 11) is 0. The predicted octanol–water partition coefficient (Wildman–Crippen LogP) is 9.25. The number of rotatable bonds is 14. The lowest BCUT2D eigenvalue weighted by molar-refractivity contribution is -0.145. The van der Waals surface area contributed by atoms with E-state index in [1.165, 1.54) is 0 Å². The Kier molecular flexibility index (Phi) is 12.9. The number of unbranched alkanes of at least 4 members (excludes halogenated alkanes) is 2. The van der Waals surface area contributed by atoms with E-state index >= 15 is 0 Å². The van der Waals surface area contributed by atoms with Gasteiger partial charge in [-0.1, -0.05) is 75.2 Å². The maximum atomic E-state index is 12.9. The summed E-state index contributed by atoms with van der Waals surface area (Å²) < 4.78 is 21.9. The molecule has 8 heteroatoms. The molecule has 50 heavy (non-hydrogen) atoms. The molecule has 1 saturated carbocycles. The molecular weight excluding hydrogens is 632 g/mol. The lowest BCUT2D eigenvalue weighted by Gasteiger charge is -2.25. The van der Waals surface area contributed by atoms with E-state index in [9.17, 15) is 19.2 Å². The molecule has 1 fully saturated rings. The predicted molar refractivity (Wildman–Crippen MR) is 191 cm³/mol. The normalized spacial score (nSPS) is 15.5. The van der Waals surface area contributed by atoms with Crippen LogP contribution >= 0.6 is 0 Å². The standard InChI is InChI=1S/C42H44O8/c1-3-5-27-47-39(43)33-11-7-29(8-12-33)31-19-23-37(24-20-31)49-41(45)35-15-17-36(18-16-35)42(46)50-38-25-21-32(22-26-38)30-9-13-34(14-10-30)40(44)48-28-6-4-2/h7-14,19-26,35-36H,3-6,15-18,27-28H2,1-2H3. The molecule has 0 radical (unpaired) electrons. The van der Waals surface area contributed by atoms with Gasteiger partial charge in [0, 0.05) is 0 Å². The van der Waals surface area contributed by atoms with Crippen molar-refractivity contribution in [2.24, 2.45) is 11.8 Å². The molecule has 4 aromatic rings. The smallest absolute Gasteiger partial charge is 0.338 e. The van der Waals surface area contributed by atoms with Crippen LogP contribution in [0.15, 0.2) is 97.1 Å². The van der Waals surface area contributed by atoms with Gasteiger partial charge in [-0.05, 0) is 109 Å². The van der Waals surface area contributed by atoms with Crippen molar-refractivity contribution in [1.29, 1.82) is 0 Å². The summed E-state index contributed by atoms with van der Waals surface area (Å²) in [5.74, 6) is -0.902. The number of carbonyl (C=O) groups is 4. The van der Waals surface area contributed by atoms with E-state index in [-0.39, 0.29) is 35.7 Å². The van der Waals surface area contributed by atoms with Crippen LogP contribution in [0, 0.1) is 11.8 Å². The maximum Gasteiger partial charge on any atom is 0.338 e. The van der Waals surface area contributed by atoms with Gasteiger partial charge in [-0.25, -0.2) is 9.59 Å². The summed E-state index contributed by atoms with van der Waals surface area (Å²) in [5.41, 5.74) is 4.74. The third-order valence-electron chi connectivity index (χ3n) is 8.91. The van der Waals surface area contributed by atoms with Gasteiger partial charge in [-0.3, -0.25) is 9.59 Å². The van der Waals surface area contributed by atoms with Gasteiger partial charge in [0.2, 0.25) is 0 Å². The minimum atomic E-state index is -0.327. The molecule has 0 N–H and O–H groups in total. The van der Waals surface area contributed by atoms with Gasteiger partial charge in [-0.2, -0.15) is 0 Å². The summed E-state index contributed by atoms with van der Waals surface area (Å²) in [4.78, 5) is 50.2. The molecule has 260 valence electrons. The highest BCUT2D eigenvalue weighted by molar-refractivity contribution is 5.90. The average molecular weight is 677 g/mol. The van der Waals surface area contributed by atoms with Crippen LogP contribution in [0.2, 0.25) is 0 Å². The van der Waals surface area contributed by atoms with Gasteiger partial charge >= 0.3 is 23.9 Å². The molecule has 0 spiro atoms. The second kappa shape index (κ2) is 18.0. The Balaban J connectivity index is 1.05. The fraction of sp³-hybridized carbons (Fsp3) is 0.333. The first kappa shape index (κ1) is 36.1. The molecule has 0 aliphatic heterocycles. The topological polar surface area (TPSA) is 105 Å². The monoisotopic (exact) mass is 676 g/mol. The molecule has 0 bridgehead atoms. The summed E-state index contributed by atoms with van der Waals surface area (Å²) in [6.45, 7) is 4.93. The minimum absolute atomic E-state index is 0.285. The number of esters is 4. The van der Waals surface area contributed by atoms with Gasteiger partial charge in [0.15, 0.2) is 0 Å². The second-order valence-electron chi connectivity index (χ2n) is 12.6. The van der Waals surface area contributed by atoms with Crippen molar-refractivity contribution in [1.82, 2.24) is 0 Å². The van der Waals surface area contributed by atoms with Crippen LogP contribution in [0.25, 0.3) is 22.3 Å². The van der Waals surface area contributed by atoms with Crippen molar-refractivity contribution in [3.8, 4) is 33.8 Å². The third-order valence-corrected chi connectivity index (χ3v) is 8.91. The van der Waals surface area contributed by atoms with Gasteiger partial charge in [0.25, 0.3) is 0 Å². The molecule has 0 heterocycles. The van der Waals surface area contributed by atoms with Crippen LogP contribution in [0.4, 0.5) is 0 Å². The highest BCUT2D eigenvalue weighted by Crippen LogP contribution is 2.32. The maximum absolute atomic E-state index is 12.9. The van der Waals surface area contributed by atoms with Crippen molar-refractivity contribution < 1.29 is 38.1 Å². The molecule has 5 rings (SSSR count). The van der Waals surface area contributed by atoms with Gasteiger partial charge in [-0.15, -0.1) is 0 Å². The van der Waals surface area contributed by atoms with E-state index in [2.05, 4.69) is 0 Å². The van der Waals surface area contributed by atoms with Crippen LogP contribution in [0.1, 0.15) is 85.9 Å². The molecule has 0 amide bonds. The van der Waals surface area contributed by atoms with Crippen LogP contribution in [-0.4, -0.2) is 37.1 Å². The molecule has 0 atom stereocenters. The Labute approximate surface area is 293 Å². The molecule has 8 nitrogen and oxygen atoms in total. The molecule has 0 aromatic heterocycles. The third kappa shape index (κ3) is 9.91. The lowest BCUT2D eigenvalue weighted by Crippen LogP contribution is -2.30. The highest BCUT2D eigenvalue weighted by Gasteiger charge is 2.32. The Morgan fingerprint density at radius 1 is 0.480 bits per heavy atom. The van der Waals surface area contributed by atoms with Gasteiger partial charge in [0.05, 0.1) is 36.2 Å². The zero-order chi connectivity index (χ0) is 35.3. The molecule has 0 unspecified atom stereocenters. The van der Waals surface area contributed by atoms with Crippen LogP contribution < -0.4 is 9.47 Å². The van der Waals surface area contributed by atoms with E-state index < -0.39 is 0 Å². The molecule has 4 aromatic carbocycles. The van der Waals surface area contributed by atoms with E-state index in [1.54, 1.807) is 48.5 Å². The van der Waals surface area contributed by atoms with Crippen molar-refractivity contribution in [3.63, 3.8) is 0 Å². The first-order valence-electron chi connectivity index (χ1n) is 17.5. The SMILES string of the molecule is CCCCOC(=O)c1ccc(-c2ccc(OC(=O)C3CCC(C(=O)Oc4ccc(-c5ccc(C(=O)OCCCC)cc5)cc4)CC3)cc2)cc1. The number of ether oxygens (including phenoxy) is 4. The van der Waals surface area contributed by atoms with Crippen molar-refractivity contribution >= 4 is 23.9 Å². The Bertz CT molecular complexity index is 1590. The van der Waals surface area contributed by atoms with E-state index in [1.807, 2.05) is 62.4 Å². The average Bonchev–Trinajstić information content (AvgIpc) is 3.16. The van der Waals surface area contributed by atoms with Gasteiger partial charge in [0.1, 0.15) is 11.5 Å². The van der Waals surface area contributed by atoms with E-state index in [4.69, 9.17) is 18.9 Å². The van der Waals surface area contributed by atoms with Crippen molar-refractivity contribution in [2.45, 2.75) is 65.2 Å². The van der Waals surface area contributed by atoms with Crippen LogP contribution in [-0.2, 0) is 19.1 Å². The Hall–Kier alpha value is -5.24. The fourth-order valence-electron chi connectivity index (χ4n) is 5.78. The largest absolute Gasteiger partial charge is 0.462 e. The first-order valence-corrected chi connectivity index (χ1v) is 17.5. The number of carbonyl (C=O) groups excluding carboxylic acids is 4. The molecule has 1 aliphatic carbocycles. The Morgan fingerprint density at radius 2 is 0.780 bits per heavy atom. The molecule has 0 saturated heterocycles. The van der Waals surface area contributed by atoms with Crippen molar-refractivity contribution in [3.05, 3.63) is 108 Å². The summed E-state index contributed by atoms with van der Waals surface area (Å²) in [5, 5.41) is 0. The number of benzene rings is 4. The first-order chi connectivity index (χ1) is 24.3. The van der Waals surface area contributed by atoms with E-state index in [0.717, 1.165) is 47.9 Å². The highest BCUT2D eigenvalue weighted by atomic mass is 16.5. The fourth-order valence-corrected chi connectivity index (χ4v) is 5.78. The number of hydrogen-bond donors (Lipinski definition) is 0. The summed E-state index contributed by atoms with van der Waals surface area (Å²) in [6, 6.07) is 29.0. The lowest BCUT2D eigenvalue weighted by atomic mass is 9.82. The van der Waals surface area contributed by atoms with Crippen molar-refractivity contribution in [2.75, 3.05) is 13.2 Å². The minimum Gasteiger partial charge on any atom is -0.462 e. The van der Waals surface area contributed by atoms with Crippen LogP contribution in [0.5, 0.6) is 11.5 Å². The molecule has 1 aliphatic rings. The zero-order valence-corrected chi connectivity index (χ0v) is 28.7. The Morgan fingerprint density at radius 3 is 1.08 bits per heavy atom. The van der Waals surface area contributed by atoms with E-state index in [0.29, 0.717) is 61.5 Å². The number of hydrogen-bond acceptors (Lipinski definition) is 8. The quantitative estimate of drug-likeness (QED) is 0.0740. The second-order valence-corrected chi connectivity index (χ2v) is 12.6. The molecular formula is C42H44O8. The summed E-state index contributed by atoms with van der Waals surface area (Å²) >= 11 is 0. The van der Waals surface area contributed by atoms with Gasteiger partial charge < -0.3 is 18.9 Å². The zero-order valence-electron chi connectivity index (χ0n) is 28.7. The summed E-state index contributed by atoms with van der Waals surface area (Å²) in [6.07, 6.45) is 5.80.